The summed E-state index contributed by atoms with van der Waals surface area (Å²) in [7, 11) is -3.11. The van der Waals surface area contributed by atoms with Crippen LogP contribution < -0.4 is 10.2 Å². The highest BCUT2D eigenvalue weighted by molar-refractivity contribution is 8.14. The molecule has 2 unspecified atom stereocenters. The van der Waals surface area contributed by atoms with Crippen molar-refractivity contribution in [2.45, 2.75) is 39.8 Å². The maximum Gasteiger partial charge on any atom is 0.234 e. The van der Waals surface area contributed by atoms with Crippen LogP contribution in [0.3, 0.4) is 0 Å². The maximum atomic E-state index is 12.6. The van der Waals surface area contributed by atoms with Gasteiger partial charge in [-0.05, 0) is 51.0 Å². The first kappa shape index (κ1) is 21.9. The topological polar surface area (TPSA) is 78.8 Å². The molecular weight excluding hydrogens is 430 g/mol. The number of anilines is 2. The van der Waals surface area contributed by atoms with Gasteiger partial charge in [0, 0.05) is 11.4 Å². The number of carbonyl (C=O) groups excluding carboxylic acids is 1. The number of amidine groups is 1. The lowest BCUT2D eigenvalue weighted by Gasteiger charge is -2.28. The summed E-state index contributed by atoms with van der Waals surface area (Å²) in [5.41, 5.74) is 6.15. The molecule has 0 bridgehead atoms. The summed E-state index contributed by atoms with van der Waals surface area (Å²) < 4.78 is 24.5. The third-order valence-corrected chi connectivity index (χ3v) is 8.37. The number of carbonyl (C=O) groups is 1. The summed E-state index contributed by atoms with van der Waals surface area (Å²) in [6, 6.07) is 11.6. The third kappa shape index (κ3) is 4.65. The lowest BCUT2D eigenvalue weighted by atomic mass is 10.1. The van der Waals surface area contributed by atoms with Crippen molar-refractivity contribution in [3.05, 3.63) is 58.7 Å². The standard InChI is InChI=1S/C23H27N3O3S2/c1-14-5-7-18(16(3)9-14)24-22(27)11-30-23-25-19-12-31(28,29)13-21(19)26(23)20-8-6-15(2)10-17(20)4/h5-10,19,21H,11-13H2,1-4H3,(H,24,27). The average Bonchev–Trinajstić information content (AvgIpc) is 3.14. The van der Waals surface area contributed by atoms with Crippen molar-refractivity contribution >= 4 is 44.0 Å². The van der Waals surface area contributed by atoms with Gasteiger partial charge in [-0.25, -0.2) is 8.42 Å². The quantitative estimate of drug-likeness (QED) is 0.758. The van der Waals surface area contributed by atoms with Gasteiger partial charge in [0.25, 0.3) is 0 Å². The lowest BCUT2D eigenvalue weighted by Crippen LogP contribution is -2.39. The number of thioether (sulfide) groups is 1. The Bertz CT molecular complexity index is 1170. The molecule has 2 aliphatic heterocycles. The number of amides is 1. The number of fused-ring (bicyclic) bond motifs is 1. The second-order valence-electron chi connectivity index (χ2n) is 8.44. The second-order valence-corrected chi connectivity index (χ2v) is 11.5. The van der Waals surface area contributed by atoms with Crippen LogP contribution in [0.5, 0.6) is 0 Å². The van der Waals surface area contributed by atoms with Gasteiger partial charge in [0.2, 0.25) is 5.91 Å². The van der Waals surface area contributed by atoms with Gasteiger partial charge in [0.1, 0.15) is 0 Å². The summed E-state index contributed by atoms with van der Waals surface area (Å²) in [6.45, 7) is 8.05. The highest BCUT2D eigenvalue weighted by atomic mass is 32.2. The summed E-state index contributed by atoms with van der Waals surface area (Å²) in [5, 5.41) is 3.68. The first-order valence-electron chi connectivity index (χ1n) is 10.3. The van der Waals surface area contributed by atoms with E-state index in [1.54, 1.807) is 0 Å². The molecule has 0 aliphatic carbocycles. The number of benzene rings is 2. The smallest absolute Gasteiger partial charge is 0.234 e. The van der Waals surface area contributed by atoms with E-state index in [0.29, 0.717) is 5.17 Å². The fourth-order valence-electron chi connectivity index (χ4n) is 4.26. The number of aryl methyl sites for hydroxylation is 4. The Morgan fingerprint density at radius 3 is 2.42 bits per heavy atom. The Labute approximate surface area is 188 Å². The number of hydrogen-bond donors (Lipinski definition) is 1. The molecule has 4 rings (SSSR count). The van der Waals surface area contributed by atoms with Crippen LogP contribution in [0.4, 0.5) is 11.4 Å². The highest BCUT2D eigenvalue weighted by Crippen LogP contribution is 2.36. The molecule has 2 atom stereocenters. The van der Waals surface area contributed by atoms with Crippen LogP contribution in [0.1, 0.15) is 22.3 Å². The van der Waals surface area contributed by atoms with E-state index >= 15 is 0 Å². The molecule has 8 heteroatoms. The minimum atomic E-state index is -3.11. The second kappa shape index (κ2) is 8.31. The Kier molecular flexibility index (Phi) is 5.87. The zero-order chi connectivity index (χ0) is 22.3. The van der Waals surface area contributed by atoms with Crippen molar-refractivity contribution < 1.29 is 13.2 Å². The van der Waals surface area contributed by atoms with Gasteiger partial charge < -0.3 is 10.2 Å². The van der Waals surface area contributed by atoms with Crippen LogP contribution in [0.2, 0.25) is 0 Å². The van der Waals surface area contributed by atoms with Crippen LogP contribution >= 0.6 is 11.8 Å². The number of sulfone groups is 1. The monoisotopic (exact) mass is 457 g/mol. The van der Waals surface area contributed by atoms with Gasteiger partial charge in [-0.15, -0.1) is 0 Å². The van der Waals surface area contributed by atoms with Crippen molar-refractivity contribution in [3.63, 3.8) is 0 Å². The third-order valence-electron chi connectivity index (χ3n) is 5.71. The minimum Gasteiger partial charge on any atom is -0.325 e. The Hall–Kier alpha value is -2.32. The predicted molar refractivity (Wildman–Crippen MR) is 129 cm³/mol. The molecule has 1 amide bonds. The molecular formula is C23H27N3O3S2. The van der Waals surface area contributed by atoms with Crippen molar-refractivity contribution in [1.29, 1.82) is 0 Å². The fourth-order valence-corrected chi connectivity index (χ4v) is 7.02. The molecule has 31 heavy (non-hydrogen) atoms. The van der Waals surface area contributed by atoms with Gasteiger partial charge in [-0.2, -0.15) is 0 Å². The van der Waals surface area contributed by atoms with Crippen LogP contribution in [-0.2, 0) is 14.6 Å². The van der Waals surface area contributed by atoms with Crippen LogP contribution in [0.25, 0.3) is 0 Å². The number of nitrogens with zero attached hydrogens (tertiary/aromatic N) is 2. The van der Waals surface area contributed by atoms with Gasteiger partial charge in [-0.1, -0.05) is 47.2 Å². The van der Waals surface area contributed by atoms with Crippen LogP contribution in [0, 0.1) is 27.7 Å². The van der Waals surface area contributed by atoms with Gasteiger partial charge in [0.15, 0.2) is 15.0 Å². The van der Waals surface area contributed by atoms with E-state index in [1.165, 1.54) is 11.8 Å². The van der Waals surface area contributed by atoms with Crippen LogP contribution in [0.15, 0.2) is 41.4 Å². The number of rotatable bonds is 4. The zero-order valence-electron chi connectivity index (χ0n) is 18.2. The fraction of sp³-hybridized carbons (Fsp3) is 0.391. The number of hydrogen-bond acceptors (Lipinski definition) is 6. The van der Waals surface area contributed by atoms with Crippen molar-refractivity contribution in [2.75, 3.05) is 27.5 Å². The molecule has 2 aliphatic rings. The highest BCUT2D eigenvalue weighted by Gasteiger charge is 2.47. The molecule has 2 aromatic rings. The predicted octanol–water partition coefficient (Wildman–Crippen LogP) is 3.63. The summed E-state index contributed by atoms with van der Waals surface area (Å²) in [4.78, 5) is 19.4. The van der Waals surface area contributed by atoms with Crippen molar-refractivity contribution in [2.24, 2.45) is 4.99 Å². The molecule has 6 nitrogen and oxygen atoms in total. The van der Waals surface area contributed by atoms with E-state index in [1.807, 2.05) is 62.9 Å². The molecule has 0 radical (unpaired) electrons. The van der Waals surface area contributed by atoms with Crippen molar-refractivity contribution in [3.8, 4) is 0 Å². The first-order chi connectivity index (χ1) is 14.6. The van der Waals surface area contributed by atoms with E-state index in [2.05, 4.69) is 11.4 Å². The number of nitrogens with one attached hydrogen (secondary N) is 1. The molecule has 1 fully saturated rings. The Morgan fingerprint density at radius 1 is 1.06 bits per heavy atom. The SMILES string of the molecule is Cc1ccc(NC(=O)CSC2=NC3CS(=O)(=O)CC3N2c2ccc(C)cc2C)c(C)c1. The average molecular weight is 458 g/mol. The van der Waals surface area contributed by atoms with E-state index in [4.69, 9.17) is 4.99 Å². The zero-order valence-corrected chi connectivity index (χ0v) is 19.8. The van der Waals surface area contributed by atoms with E-state index in [-0.39, 0.29) is 35.2 Å². The minimum absolute atomic E-state index is 0.0674. The molecule has 2 heterocycles. The summed E-state index contributed by atoms with van der Waals surface area (Å²) in [5.74, 6) is 0.259. The molecule has 0 saturated carbocycles. The Morgan fingerprint density at radius 2 is 1.74 bits per heavy atom. The van der Waals surface area contributed by atoms with E-state index in [0.717, 1.165) is 33.6 Å². The molecule has 0 aromatic heterocycles. The van der Waals surface area contributed by atoms with E-state index < -0.39 is 9.84 Å². The first-order valence-corrected chi connectivity index (χ1v) is 13.1. The van der Waals surface area contributed by atoms with Crippen molar-refractivity contribution in [1.82, 2.24) is 0 Å². The number of aliphatic imine (C=N–C) groups is 1. The Balaban J connectivity index is 1.53. The molecule has 1 saturated heterocycles. The van der Waals surface area contributed by atoms with Crippen LogP contribution in [-0.4, -0.2) is 48.8 Å². The molecule has 1 N–H and O–H groups in total. The van der Waals surface area contributed by atoms with E-state index in [9.17, 15) is 13.2 Å². The molecule has 0 spiro atoms. The normalized spacial score (nSPS) is 21.7. The van der Waals surface area contributed by atoms with Gasteiger partial charge >= 0.3 is 0 Å². The molecule has 2 aromatic carbocycles. The maximum absolute atomic E-state index is 12.6. The lowest BCUT2D eigenvalue weighted by molar-refractivity contribution is -0.113. The largest absolute Gasteiger partial charge is 0.325 e. The summed E-state index contributed by atoms with van der Waals surface area (Å²) >= 11 is 1.36. The molecule has 164 valence electrons. The van der Waals surface area contributed by atoms with Gasteiger partial charge in [0.05, 0.1) is 29.3 Å². The van der Waals surface area contributed by atoms with Gasteiger partial charge in [-0.3, -0.25) is 9.79 Å². The summed E-state index contributed by atoms with van der Waals surface area (Å²) in [6.07, 6.45) is 0.